The number of aliphatic carboxylic acids is 1. The van der Waals surface area contributed by atoms with E-state index in [4.69, 9.17) is 10.2 Å². The summed E-state index contributed by atoms with van der Waals surface area (Å²) in [5, 5.41) is 15.8. The molecule has 0 amide bonds. The normalized spacial score (nSPS) is 15.7. The van der Waals surface area contributed by atoms with Gasteiger partial charge < -0.3 is 5.11 Å². The van der Waals surface area contributed by atoms with Gasteiger partial charge in [-0.05, 0) is 52.9 Å². The summed E-state index contributed by atoms with van der Waals surface area (Å²) < 4.78 is 38.6. The molecule has 1 atom stereocenters. The summed E-state index contributed by atoms with van der Waals surface area (Å²) in [7, 11) is 0. The molecule has 1 aliphatic rings. The molecule has 0 spiro atoms. The van der Waals surface area contributed by atoms with Crippen LogP contribution in [-0.4, -0.2) is 38.3 Å². The maximum atomic E-state index is 12.9. The predicted molar refractivity (Wildman–Crippen MR) is 134 cm³/mol. The summed E-state index contributed by atoms with van der Waals surface area (Å²) in [6.45, 7) is 0.489. The first-order valence-corrected chi connectivity index (χ1v) is 11.8. The van der Waals surface area contributed by atoms with Gasteiger partial charge in [-0.25, -0.2) is 0 Å². The average Bonchev–Trinajstić information content (AvgIpc) is 3.32. The molecular formula is C28H23F3N4O2. The molecule has 1 unspecified atom stereocenters. The molecule has 5 rings (SSSR count). The van der Waals surface area contributed by atoms with Gasteiger partial charge in [-0.2, -0.15) is 18.3 Å². The number of nitrogens with zero attached hydrogens (tertiary/aromatic N) is 4. The minimum atomic E-state index is -4.37. The monoisotopic (exact) mass is 504 g/mol. The Bertz CT molecular complexity index is 1450. The zero-order chi connectivity index (χ0) is 26.0. The number of rotatable bonds is 7. The van der Waals surface area contributed by atoms with Gasteiger partial charge in [0.05, 0.1) is 28.4 Å². The fraction of sp³-hybridized carbons (Fsp3) is 0.214. The van der Waals surface area contributed by atoms with Crippen molar-refractivity contribution >= 4 is 22.7 Å². The third-order valence-electron chi connectivity index (χ3n) is 6.42. The molecule has 0 radical (unpaired) electrons. The largest absolute Gasteiger partial charge is 0.481 e. The van der Waals surface area contributed by atoms with E-state index in [0.717, 1.165) is 45.6 Å². The number of hydrogen-bond donors (Lipinski definition) is 1. The number of benzene rings is 3. The van der Waals surface area contributed by atoms with E-state index in [-0.39, 0.29) is 12.5 Å². The summed E-state index contributed by atoms with van der Waals surface area (Å²) in [6.07, 6.45) is 0.0603. The van der Waals surface area contributed by atoms with Crippen LogP contribution in [0.4, 0.5) is 13.2 Å². The number of hydrazone groups is 1. The van der Waals surface area contributed by atoms with Crippen LogP contribution in [0.15, 0.2) is 84.2 Å². The first kappa shape index (κ1) is 24.4. The van der Waals surface area contributed by atoms with Crippen LogP contribution in [0.5, 0.6) is 0 Å². The van der Waals surface area contributed by atoms with Crippen molar-refractivity contribution in [3.8, 4) is 11.1 Å². The van der Waals surface area contributed by atoms with E-state index >= 15 is 0 Å². The maximum absolute atomic E-state index is 12.9. The number of alkyl halides is 3. The second kappa shape index (κ2) is 10.0. The Morgan fingerprint density at radius 3 is 2.16 bits per heavy atom. The maximum Gasteiger partial charge on any atom is 0.416 e. The molecule has 4 aromatic rings. The zero-order valence-electron chi connectivity index (χ0n) is 19.7. The molecule has 1 N–H and O–H groups in total. The summed E-state index contributed by atoms with van der Waals surface area (Å²) in [5.41, 5.74) is 5.17. The first-order chi connectivity index (χ1) is 17.8. The van der Waals surface area contributed by atoms with Crippen LogP contribution in [0.3, 0.4) is 0 Å². The smallest absolute Gasteiger partial charge is 0.416 e. The minimum Gasteiger partial charge on any atom is -0.481 e. The Labute approximate surface area is 211 Å². The van der Waals surface area contributed by atoms with E-state index in [2.05, 4.69) is 9.97 Å². The summed E-state index contributed by atoms with van der Waals surface area (Å²) in [4.78, 5) is 19.8. The number of carbonyl (C=O) groups is 1. The van der Waals surface area contributed by atoms with Gasteiger partial charge in [0.25, 0.3) is 0 Å². The standard InChI is InChI=1S/C28H23F3N4O2/c29-28(30,31)22-10-7-19(8-11-22)18-3-5-20(6-4-18)24-17-26(35(34-24)15-1-2-27(36)37)21-9-12-23-25(16-21)33-14-13-32-23/h3-14,16,26H,1-2,15,17H2,(H,36,37). The van der Waals surface area contributed by atoms with E-state index in [0.29, 0.717) is 24.9 Å². The zero-order valence-corrected chi connectivity index (χ0v) is 19.7. The van der Waals surface area contributed by atoms with Gasteiger partial charge >= 0.3 is 12.1 Å². The highest BCUT2D eigenvalue weighted by Gasteiger charge is 2.30. The number of fused-ring (bicyclic) bond motifs is 1. The second-order valence-electron chi connectivity index (χ2n) is 8.88. The van der Waals surface area contributed by atoms with Gasteiger partial charge in [-0.15, -0.1) is 0 Å². The van der Waals surface area contributed by atoms with Gasteiger partial charge in [0.1, 0.15) is 0 Å². The fourth-order valence-corrected chi connectivity index (χ4v) is 4.51. The summed E-state index contributed by atoms with van der Waals surface area (Å²) in [5.74, 6) is -0.847. The van der Waals surface area contributed by atoms with Gasteiger partial charge in [0.15, 0.2) is 0 Å². The van der Waals surface area contributed by atoms with Gasteiger partial charge in [0.2, 0.25) is 0 Å². The van der Waals surface area contributed by atoms with Gasteiger partial charge in [0, 0.05) is 31.8 Å². The Morgan fingerprint density at radius 1 is 0.892 bits per heavy atom. The van der Waals surface area contributed by atoms with Crippen LogP contribution < -0.4 is 0 Å². The molecule has 6 nitrogen and oxygen atoms in total. The molecule has 9 heteroatoms. The fourth-order valence-electron chi connectivity index (χ4n) is 4.51. The van der Waals surface area contributed by atoms with Crippen molar-refractivity contribution < 1.29 is 23.1 Å². The minimum absolute atomic E-state index is 0.0547. The highest BCUT2D eigenvalue weighted by molar-refractivity contribution is 6.02. The van der Waals surface area contributed by atoms with Crippen molar-refractivity contribution in [2.75, 3.05) is 6.54 Å². The van der Waals surface area contributed by atoms with E-state index in [1.165, 1.54) is 12.1 Å². The first-order valence-electron chi connectivity index (χ1n) is 11.8. The average molecular weight is 505 g/mol. The third kappa shape index (κ3) is 5.45. The molecule has 37 heavy (non-hydrogen) atoms. The van der Waals surface area contributed by atoms with Crippen molar-refractivity contribution in [2.24, 2.45) is 5.10 Å². The van der Waals surface area contributed by atoms with Crippen molar-refractivity contribution in [1.82, 2.24) is 15.0 Å². The Morgan fingerprint density at radius 2 is 1.51 bits per heavy atom. The van der Waals surface area contributed by atoms with E-state index in [9.17, 15) is 18.0 Å². The molecule has 2 heterocycles. The number of halogens is 3. The quantitative estimate of drug-likeness (QED) is 0.318. The van der Waals surface area contributed by atoms with E-state index in [1.54, 1.807) is 12.4 Å². The summed E-state index contributed by atoms with van der Waals surface area (Å²) in [6, 6.07) is 18.5. The van der Waals surface area contributed by atoms with Crippen molar-refractivity contribution in [2.45, 2.75) is 31.5 Å². The van der Waals surface area contributed by atoms with Crippen LogP contribution in [0, 0.1) is 0 Å². The molecule has 188 valence electrons. The van der Waals surface area contributed by atoms with Crippen LogP contribution in [0.2, 0.25) is 0 Å². The number of carboxylic acids is 1. The molecule has 0 fully saturated rings. The lowest BCUT2D eigenvalue weighted by Gasteiger charge is -2.23. The van der Waals surface area contributed by atoms with Crippen LogP contribution in [0.25, 0.3) is 22.2 Å². The van der Waals surface area contributed by atoms with Crippen LogP contribution in [-0.2, 0) is 11.0 Å². The second-order valence-corrected chi connectivity index (χ2v) is 8.88. The van der Waals surface area contributed by atoms with Crippen LogP contribution in [0.1, 0.15) is 42.0 Å². The Hall–Kier alpha value is -4.27. The molecule has 0 saturated carbocycles. The molecule has 0 bridgehead atoms. The highest BCUT2D eigenvalue weighted by atomic mass is 19.4. The van der Waals surface area contributed by atoms with E-state index in [1.807, 2.05) is 47.5 Å². The lowest BCUT2D eigenvalue weighted by Crippen LogP contribution is -2.21. The van der Waals surface area contributed by atoms with Gasteiger partial charge in [-0.1, -0.05) is 42.5 Å². The van der Waals surface area contributed by atoms with Crippen molar-refractivity contribution in [3.05, 3.63) is 95.8 Å². The van der Waals surface area contributed by atoms with Crippen molar-refractivity contribution in [1.29, 1.82) is 0 Å². The molecule has 0 saturated heterocycles. The Kier molecular flexibility index (Phi) is 6.60. The molecule has 0 aliphatic carbocycles. The Balaban J connectivity index is 1.38. The molecule has 3 aromatic carbocycles. The molecule has 1 aliphatic heterocycles. The molecular weight excluding hydrogens is 481 g/mol. The highest BCUT2D eigenvalue weighted by Crippen LogP contribution is 2.35. The van der Waals surface area contributed by atoms with Gasteiger partial charge in [-0.3, -0.25) is 19.8 Å². The number of carboxylic acid groups (broad SMARTS) is 1. The third-order valence-corrected chi connectivity index (χ3v) is 6.42. The van der Waals surface area contributed by atoms with Crippen molar-refractivity contribution in [3.63, 3.8) is 0 Å². The lowest BCUT2D eigenvalue weighted by atomic mass is 9.96. The number of hydrogen-bond acceptors (Lipinski definition) is 5. The molecule has 1 aromatic heterocycles. The lowest BCUT2D eigenvalue weighted by molar-refractivity contribution is -0.138. The topological polar surface area (TPSA) is 78.7 Å². The predicted octanol–water partition coefficient (Wildman–Crippen LogP) is 6.33. The van der Waals surface area contributed by atoms with E-state index < -0.39 is 17.7 Å². The summed E-state index contributed by atoms with van der Waals surface area (Å²) >= 11 is 0. The van der Waals surface area contributed by atoms with Crippen LogP contribution >= 0.6 is 0 Å². The number of aromatic nitrogens is 2. The SMILES string of the molecule is O=C(O)CCCN1N=C(c2ccc(-c3ccc(C(F)(F)F)cc3)cc2)CC1c1ccc2nccnc2c1.